The fourth-order valence-electron chi connectivity index (χ4n) is 1.99. The van der Waals surface area contributed by atoms with Crippen molar-refractivity contribution >= 4 is 28.9 Å². The van der Waals surface area contributed by atoms with Gasteiger partial charge in [0.05, 0.1) is 17.3 Å². The molecule has 2 N–H and O–H groups in total. The second-order valence-corrected chi connectivity index (χ2v) is 5.31. The molecule has 7 heteroatoms. The minimum Gasteiger partial charge on any atom is -0.398 e. The summed E-state index contributed by atoms with van der Waals surface area (Å²) < 4.78 is 1.67. The first kappa shape index (κ1) is 13.9. The van der Waals surface area contributed by atoms with E-state index in [2.05, 4.69) is 15.5 Å². The van der Waals surface area contributed by atoms with E-state index in [0.717, 1.165) is 5.56 Å². The molecule has 0 fully saturated rings. The highest BCUT2D eigenvalue weighted by atomic mass is 35.5. The van der Waals surface area contributed by atoms with Gasteiger partial charge < -0.3 is 5.73 Å². The van der Waals surface area contributed by atoms with E-state index in [1.54, 1.807) is 10.7 Å². The Morgan fingerprint density at radius 3 is 2.57 bits per heavy atom. The lowest BCUT2D eigenvalue weighted by molar-refractivity contribution is 0.653. The summed E-state index contributed by atoms with van der Waals surface area (Å²) in [6.45, 7) is 0.518. The van der Waals surface area contributed by atoms with Gasteiger partial charge in [0.2, 0.25) is 0 Å². The Bertz CT molecular complexity index is 767. The Balaban J connectivity index is 1.97. The Hall–Kier alpha value is -2.11. The van der Waals surface area contributed by atoms with Crippen LogP contribution in [0.25, 0.3) is 11.4 Å². The Labute approximate surface area is 131 Å². The van der Waals surface area contributed by atoms with Crippen molar-refractivity contribution < 1.29 is 0 Å². The zero-order chi connectivity index (χ0) is 14.8. The maximum atomic E-state index is 6.23. The zero-order valence-electron chi connectivity index (χ0n) is 10.9. The number of nitrogens with zero attached hydrogens (tertiary/aromatic N) is 4. The molecule has 5 nitrogen and oxygen atoms in total. The summed E-state index contributed by atoms with van der Waals surface area (Å²) >= 11 is 12.1. The summed E-state index contributed by atoms with van der Waals surface area (Å²) in [7, 11) is 0. The number of hydrogen-bond acceptors (Lipinski definition) is 4. The van der Waals surface area contributed by atoms with Crippen LogP contribution in [0, 0.1) is 0 Å². The minimum atomic E-state index is 0.449. The molecule has 0 aliphatic rings. The van der Waals surface area contributed by atoms with E-state index < -0.39 is 0 Å². The lowest BCUT2D eigenvalue weighted by Gasteiger charge is -2.07. The number of anilines is 1. The summed E-state index contributed by atoms with van der Waals surface area (Å²) in [5, 5.41) is 12.9. The van der Waals surface area contributed by atoms with Crippen LogP contribution in [-0.4, -0.2) is 20.2 Å². The third kappa shape index (κ3) is 2.84. The van der Waals surface area contributed by atoms with E-state index in [1.807, 2.05) is 36.4 Å². The molecule has 0 saturated carbocycles. The highest BCUT2D eigenvalue weighted by Gasteiger charge is 2.14. The molecule has 106 valence electrons. The monoisotopic (exact) mass is 319 g/mol. The third-order valence-electron chi connectivity index (χ3n) is 3.05. The van der Waals surface area contributed by atoms with Crippen LogP contribution >= 0.6 is 23.2 Å². The molecule has 0 radical (unpaired) electrons. The topological polar surface area (TPSA) is 69.6 Å². The van der Waals surface area contributed by atoms with Gasteiger partial charge in [-0.15, -0.1) is 5.10 Å². The molecule has 0 amide bonds. The van der Waals surface area contributed by atoms with Gasteiger partial charge in [0.1, 0.15) is 0 Å². The molecular weight excluding hydrogens is 309 g/mol. The third-order valence-corrected chi connectivity index (χ3v) is 3.72. The molecule has 2 aromatic carbocycles. The van der Waals surface area contributed by atoms with Gasteiger partial charge in [0.15, 0.2) is 5.82 Å². The van der Waals surface area contributed by atoms with Crippen LogP contribution in [0.4, 0.5) is 5.69 Å². The van der Waals surface area contributed by atoms with Crippen LogP contribution < -0.4 is 5.73 Å². The number of benzene rings is 2. The van der Waals surface area contributed by atoms with Crippen LogP contribution in [0.3, 0.4) is 0 Å². The van der Waals surface area contributed by atoms with Crippen molar-refractivity contribution in [3.63, 3.8) is 0 Å². The SMILES string of the molecule is Nc1cccc(-c2nnnn2Cc2ccc(Cl)cc2)c1Cl. The standard InChI is InChI=1S/C14H11Cl2N5/c15-10-6-4-9(5-7-10)8-21-14(18-19-20-21)11-2-1-3-12(17)13(11)16/h1-7H,8,17H2. The van der Waals surface area contributed by atoms with E-state index in [-0.39, 0.29) is 0 Å². The Kier molecular flexibility index (Phi) is 3.77. The summed E-state index contributed by atoms with van der Waals surface area (Å²) in [4.78, 5) is 0. The van der Waals surface area contributed by atoms with E-state index in [4.69, 9.17) is 28.9 Å². The number of aromatic nitrogens is 4. The Morgan fingerprint density at radius 1 is 1.05 bits per heavy atom. The van der Waals surface area contributed by atoms with Gasteiger partial charge in [-0.3, -0.25) is 0 Å². The summed E-state index contributed by atoms with van der Waals surface area (Å²) in [5.74, 6) is 0.572. The summed E-state index contributed by atoms with van der Waals surface area (Å²) in [5.41, 5.74) is 8.06. The quantitative estimate of drug-likeness (QED) is 0.752. The van der Waals surface area contributed by atoms with Gasteiger partial charge in [-0.05, 0) is 40.3 Å². The lowest BCUT2D eigenvalue weighted by atomic mass is 10.2. The second-order valence-electron chi connectivity index (χ2n) is 4.50. The van der Waals surface area contributed by atoms with Gasteiger partial charge in [-0.25, -0.2) is 4.68 Å². The summed E-state index contributed by atoms with van der Waals surface area (Å²) in [6.07, 6.45) is 0. The number of rotatable bonds is 3. The number of halogens is 2. The Morgan fingerprint density at radius 2 is 1.81 bits per heavy atom. The van der Waals surface area contributed by atoms with E-state index in [9.17, 15) is 0 Å². The number of nitrogens with two attached hydrogens (primary N) is 1. The predicted molar refractivity (Wildman–Crippen MR) is 83.2 cm³/mol. The van der Waals surface area contributed by atoms with Crippen LogP contribution in [0.1, 0.15) is 5.56 Å². The molecule has 21 heavy (non-hydrogen) atoms. The smallest absolute Gasteiger partial charge is 0.183 e. The van der Waals surface area contributed by atoms with Gasteiger partial charge >= 0.3 is 0 Å². The van der Waals surface area contributed by atoms with Crippen molar-refractivity contribution in [2.75, 3.05) is 5.73 Å². The van der Waals surface area contributed by atoms with Crippen molar-refractivity contribution in [1.29, 1.82) is 0 Å². The van der Waals surface area contributed by atoms with Gasteiger partial charge in [-0.2, -0.15) is 0 Å². The molecule has 3 aromatic rings. The molecule has 0 aliphatic carbocycles. The molecule has 0 atom stereocenters. The zero-order valence-corrected chi connectivity index (χ0v) is 12.4. The maximum absolute atomic E-state index is 6.23. The molecule has 0 saturated heterocycles. The molecular formula is C14H11Cl2N5. The van der Waals surface area contributed by atoms with Crippen LogP contribution in [0.5, 0.6) is 0 Å². The van der Waals surface area contributed by atoms with Crippen LogP contribution in [-0.2, 0) is 6.54 Å². The lowest BCUT2D eigenvalue weighted by Crippen LogP contribution is -2.05. The molecule has 1 aromatic heterocycles. The van der Waals surface area contributed by atoms with E-state index in [1.165, 1.54) is 0 Å². The van der Waals surface area contributed by atoms with Crippen molar-refractivity contribution in [2.45, 2.75) is 6.54 Å². The second kappa shape index (κ2) is 5.71. The minimum absolute atomic E-state index is 0.449. The van der Waals surface area contributed by atoms with Gasteiger partial charge in [0, 0.05) is 10.6 Å². The van der Waals surface area contributed by atoms with Crippen LogP contribution in [0.2, 0.25) is 10.0 Å². The van der Waals surface area contributed by atoms with Crippen molar-refractivity contribution in [3.05, 3.63) is 58.1 Å². The first-order valence-electron chi connectivity index (χ1n) is 6.20. The normalized spacial score (nSPS) is 10.8. The molecule has 0 spiro atoms. The number of tetrazole rings is 1. The molecule has 0 aliphatic heterocycles. The predicted octanol–water partition coefficient (Wildman–Crippen LogP) is 3.28. The van der Waals surface area contributed by atoms with Crippen molar-refractivity contribution in [3.8, 4) is 11.4 Å². The fraction of sp³-hybridized carbons (Fsp3) is 0.0714. The van der Waals surface area contributed by atoms with Gasteiger partial charge in [-0.1, -0.05) is 41.4 Å². The maximum Gasteiger partial charge on any atom is 0.183 e. The molecule has 0 bridgehead atoms. The number of hydrogen-bond donors (Lipinski definition) is 1. The average Bonchev–Trinajstić information content (AvgIpc) is 2.92. The molecule has 1 heterocycles. The van der Waals surface area contributed by atoms with Crippen molar-refractivity contribution in [2.24, 2.45) is 0 Å². The highest BCUT2D eigenvalue weighted by Crippen LogP contribution is 2.30. The molecule has 0 unspecified atom stereocenters. The first-order chi connectivity index (χ1) is 10.1. The van der Waals surface area contributed by atoms with Crippen molar-refractivity contribution in [1.82, 2.24) is 20.2 Å². The van der Waals surface area contributed by atoms with E-state index >= 15 is 0 Å². The number of nitrogen functional groups attached to an aromatic ring is 1. The fourth-order valence-corrected chi connectivity index (χ4v) is 2.33. The molecule has 3 rings (SSSR count). The van der Waals surface area contributed by atoms with Crippen LogP contribution in [0.15, 0.2) is 42.5 Å². The van der Waals surface area contributed by atoms with E-state index in [0.29, 0.717) is 33.7 Å². The average molecular weight is 320 g/mol. The van der Waals surface area contributed by atoms with Gasteiger partial charge in [0.25, 0.3) is 0 Å². The highest BCUT2D eigenvalue weighted by molar-refractivity contribution is 6.35. The summed E-state index contributed by atoms with van der Waals surface area (Å²) in [6, 6.07) is 12.9. The first-order valence-corrected chi connectivity index (χ1v) is 6.95. The largest absolute Gasteiger partial charge is 0.398 e.